The Morgan fingerprint density at radius 1 is 1.42 bits per heavy atom. The quantitative estimate of drug-likeness (QED) is 0.772. The number of aromatic nitrogens is 2. The standard InChI is InChI=1S/C18H16FN3OS/c1-11-5-7-22-10-15(20-16(22)9-11)18(23)21-14-6-8-24-17-12(14)3-2-4-13(17)19/h2-5,7,9-10,14H,6,8H2,1H3,(H,21,23). The molecule has 122 valence electrons. The Bertz CT molecular complexity index is 937. The molecular formula is C18H16FN3OS. The molecule has 24 heavy (non-hydrogen) atoms. The first-order chi connectivity index (χ1) is 11.6. The van der Waals surface area contributed by atoms with Gasteiger partial charge in [0.25, 0.3) is 5.91 Å². The highest BCUT2D eigenvalue weighted by atomic mass is 32.2. The molecule has 2 aromatic heterocycles. The zero-order valence-electron chi connectivity index (χ0n) is 13.1. The van der Waals surface area contributed by atoms with Crippen LogP contribution in [0.1, 0.15) is 34.1 Å². The van der Waals surface area contributed by atoms with Gasteiger partial charge in [-0.05, 0) is 42.7 Å². The van der Waals surface area contributed by atoms with Gasteiger partial charge in [0.15, 0.2) is 0 Å². The van der Waals surface area contributed by atoms with Crippen LogP contribution in [0.5, 0.6) is 0 Å². The Labute approximate surface area is 143 Å². The van der Waals surface area contributed by atoms with Crippen molar-refractivity contribution in [2.45, 2.75) is 24.3 Å². The van der Waals surface area contributed by atoms with Gasteiger partial charge >= 0.3 is 0 Å². The number of aryl methyl sites for hydroxylation is 1. The molecule has 0 saturated heterocycles. The van der Waals surface area contributed by atoms with E-state index in [9.17, 15) is 9.18 Å². The fraction of sp³-hybridized carbons (Fsp3) is 0.222. The number of nitrogens with zero attached hydrogens (tertiary/aromatic N) is 2. The molecule has 1 aliphatic rings. The summed E-state index contributed by atoms with van der Waals surface area (Å²) in [4.78, 5) is 17.6. The van der Waals surface area contributed by atoms with Crippen LogP contribution in [0.3, 0.4) is 0 Å². The maximum absolute atomic E-state index is 13.9. The molecule has 3 heterocycles. The van der Waals surface area contributed by atoms with E-state index in [2.05, 4.69) is 10.3 Å². The highest BCUT2D eigenvalue weighted by Gasteiger charge is 2.25. The minimum Gasteiger partial charge on any atom is -0.344 e. The summed E-state index contributed by atoms with van der Waals surface area (Å²) in [6, 6.07) is 8.73. The van der Waals surface area contributed by atoms with Crippen LogP contribution >= 0.6 is 11.8 Å². The second-order valence-electron chi connectivity index (χ2n) is 5.92. The lowest BCUT2D eigenvalue weighted by Crippen LogP contribution is -2.31. The summed E-state index contributed by atoms with van der Waals surface area (Å²) in [7, 11) is 0. The van der Waals surface area contributed by atoms with E-state index in [1.807, 2.05) is 35.7 Å². The van der Waals surface area contributed by atoms with Gasteiger partial charge in [-0.2, -0.15) is 0 Å². The number of thioether (sulfide) groups is 1. The lowest BCUT2D eigenvalue weighted by atomic mass is 10.0. The molecule has 1 N–H and O–H groups in total. The van der Waals surface area contributed by atoms with Gasteiger partial charge in [-0.15, -0.1) is 11.8 Å². The Morgan fingerprint density at radius 3 is 3.17 bits per heavy atom. The summed E-state index contributed by atoms with van der Waals surface area (Å²) in [6.45, 7) is 1.99. The normalized spacial score (nSPS) is 16.8. The molecule has 6 heteroatoms. The van der Waals surface area contributed by atoms with Crippen LogP contribution < -0.4 is 5.32 Å². The first-order valence-corrected chi connectivity index (χ1v) is 8.78. The smallest absolute Gasteiger partial charge is 0.271 e. The maximum atomic E-state index is 13.9. The number of carbonyl (C=O) groups excluding carboxylic acids is 1. The van der Waals surface area contributed by atoms with Crippen molar-refractivity contribution in [1.29, 1.82) is 0 Å². The zero-order chi connectivity index (χ0) is 16.7. The van der Waals surface area contributed by atoms with Crippen molar-refractivity contribution >= 4 is 23.3 Å². The summed E-state index contributed by atoms with van der Waals surface area (Å²) < 4.78 is 15.8. The number of hydrogen-bond acceptors (Lipinski definition) is 3. The Balaban J connectivity index is 1.61. The van der Waals surface area contributed by atoms with Crippen molar-refractivity contribution < 1.29 is 9.18 Å². The summed E-state index contributed by atoms with van der Waals surface area (Å²) in [6.07, 6.45) is 4.38. The second kappa shape index (κ2) is 5.94. The number of nitrogens with one attached hydrogen (secondary N) is 1. The van der Waals surface area contributed by atoms with Crippen molar-refractivity contribution in [2.24, 2.45) is 0 Å². The number of halogens is 1. The highest BCUT2D eigenvalue weighted by molar-refractivity contribution is 7.99. The largest absolute Gasteiger partial charge is 0.344 e. The summed E-state index contributed by atoms with van der Waals surface area (Å²) in [5.74, 6) is 0.326. The van der Waals surface area contributed by atoms with E-state index >= 15 is 0 Å². The zero-order valence-corrected chi connectivity index (χ0v) is 13.9. The Hall–Kier alpha value is -2.34. The first-order valence-electron chi connectivity index (χ1n) is 7.79. The average Bonchev–Trinajstić information content (AvgIpc) is 2.99. The van der Waals surface area contributed by atoms with E-state index < -0.39 is 0 Å². The maximum Gasteiger partial charge on any atom is 0.271 e. The number of benzene rings is 1. The van der Waals surface area contributed by atoms with E-state index in [4.69, 9.17) is 0 Å². The molecule has 0 bridgehead atoms. The fourth-order valence-electron chi connectivity index (χ4n) is 2.96. The molecule has 1 amide bonds. The van der Waals surface area contributed by atoms with Gasteiger partial charge in [0.05, 0.1) is 6.04 Å². The SMILES string of the molecule is Cc1ccn2cc(C(=O)NC3CCSc4c(F)cccc43)nc2c1. The molecule has 0 fully saturated rings. The molecule has 1 unspecified atom stereocenters. The van der Waals surface area contributed by atoms with Crippen molar-refractivity contribution in [1.82, 2.24) is 14.7 Å². The van der Waals surface area contributed by atoms with E-state index in [1.54, 1.807) is 12.3 Å². The van der Waals surface area contributed by atoms with Crippen LogP contribution in [0.4, 0.5) is 4.39 Å². The van der Waals surface area contributed by atoms with Gasteiger partial charge in [0.1, 0.15) is 17.2 Å². The summed E-state index contributed by atoms with van der Waals surface area (Å²) >= 11 is 1.50. The van der Waals surface area contributed by atoms with Gasteiger partial charge < -0.3 is 9.72 Å². The average molecular weight is 341 g/mol. The van der Waals surface area contributed by atoms with Crippen LogP contribution in [0.15, 0.2) is 47.6 Å². The second-order valence-corrected chi connectivity index (χ2v) is 7.02. The van der Waals surface area contributed by atoms with E-state index in [-0.39, 0.29) is 17.8 Å². The minimum absolute atomic E-state index is 0.184. The van der Waals surface area contributed by atoms with Gasteiger partial charge in [-0.3, -0.25) is 4.79 Å². The monoisotopic (exact) mass is 341 g/mol. The van der Waals surface area contributed by atoms with Gasteiger partial charge in [0, 0.05) is 23.0 Å². The fourth-order valence-corrected chi connectivity index (χ4v) is 4.10. The molecule has 0 saturated carbocycles. The molecular weight excluding hydrogens is 325 g/mol. The minimum atomic E-state index is -0.233. The molecule has 0 spiro atoms. The predicted octanol–water partition coefficient (Wildman–Crippen LogP) is 3.75. The molecule has 0 aliphatic carbocycles. The molecule has 3 aromatic rings. The molecule has 4 nitrogen and oxygen atoms in total. The van der Waals surface area contributed by atoms with Crippen LogP contribution in [0, 0.1) is 12.7 Å². The van der Waals surface area contributed by atoms with Gasteiger partial charge in [-0.1, -0.05) is 12.1 Å². The van der Waals surface area contributed by atoms with Crippen LogP contribution in [-0.2, 0) is 0 Å². The highest BCUT2D eigenvalue weighted by Crippen LogP contribution is 2.37. The third-order valence-corrected chi connectivity index (χ3v) is 5.34. The number of amides is 1. The van der Waals surface area contributed by atoms with Crippen molar-refractivity contribution in [3.63, 3.8) is 0 Å². The van der Waals surface area contributed by atoms with Crippen LogP contribution in [-0.4, -0.2) is 21.0 Å². The van der Waals surface area contributed by atoms with Crippen LogP contribution in [0.2, 0.25) is 0 Å². The molecule has 0 radical (unpaired) electrons. The molecule has 4 rings (SSSR count). The lowest BCUT2D eigenvalue weighted by Gasteiger charge is -2.25. The van der Waals surface area contributed by atoms with Crippen molar-refractivity contribution in [2.75, 3.05) is 5.75 Å². The van der Waals surface area contributed by atoms with Gasteiger partial charge in [-0.25, -0.2) is 9.37 Å². The van der Waals surface area contributed by atoms with Crippen molar-refractivity contribution in [3.8, 4) is 0 Å². The molecule has 1 aromatic carbocycles. The van der Waals surface area contributed by atoms with E-state index in [0.29, 0.717) is 10.6 Å². The van der Waals surface area contributed by atoms with E-state index in [0.717, 1.165) is 28.9 Å². The van der Waals surface area contributed by atoms with Crippen molar-refractivity contribution in [3.05, 3.63) is 65.4 Å². The topological polar surface area (TPSA) is 46.4 Å². The number of rotatable bonds is 2. The Morgan fingerprint density at radius 2 is 2.29 bits per heavy atom. The van der Waals surface area contributed by atoms with Crippen LogP contribution in [0.25, 0.3) is 5.65 Å². The predicted molar refractivity (Wildman–Crippen MR) is 91.9 cm³/mol. The number of imidazole rings is 1. The number of carbonyl (C=O) groups is 1. The Kier molecular flexibility index (Phi) is 3.76. The number of fused-ring (bicyclic) bond motifs is 2. The third kappa shape index (κ3) is 2.67. The van der Waals surface area contributed by atoms with Gasteiger partial charge in [0.2, 0.25) is 0 Å². The number of hydrogen-bond donors (Lipinski definition) is 1. The summed E-state index contributed by atoms with van der Waals surface area (Å²) in [5, 5.41) is 3.00. The number of pyridine rings is 1. The molecule has 1 atom stereocenters. The molecule has 1 aliphatic heterocycles. The van der Waals surface area contributed by atoms with E-state index in [1.165, 1.54) is 17.8 Å². The first kappa shape index (κ1) is 15.2. The summed E-state index contributed by atoms with van der Waals surface area (Å²) in [5.41, 5.74) is 3.05. The lowest BCUT2D eigenvalue weighted by molar-refractivity contribution is 0.0930. The third-order valence-electron chi connectivity index (χ3n) is 4.18.